The summed E-state index contributed by atoms with van der Waals surface area (Å²) in [4.78, 5) is 28.8. The summed E-state index contributed by atoms with van der Waals surface area (Å²) in [6.45, 7) is 8.60. The van der Waals surface area contributed by atoms with Gasteiger partial charge in [0.05, 0.1) is 11.9 Å². The first kappa shape index (κ1) is 30.9. The average molecular weight is 564 g/mol. The average Bonchev–Trinajstić information content (AvgIpc) is 2.91. The fraction of sp³-hybridized carbons (Fsp3) is 0.375. The zero-order valence-corrected chi connectivity index (χ0v) is 25.0. The molecule has 3 aromatic carbocycles. The minimum absolute atomic E-state index is 0.105. The Morgan fingerprint density at radius 1 is 0.875 bits per heavy atom. The fourth-order valence-electron chi connectivity index (χ4n) is 4.72. The third-order valence-electron chi connectivity index (χ3n) is 7.09. The number of sulfonamides is 1. The van der Waals surface area contributed by atoms with E-state index in [4.69, 9.17) is 0 Å². The van der Waals surface area contributed by atoms with Crippen molar-refractivity contribution in [2.75, 3.05) is 23.7 Å². The molecule has 0 aliphatic rings. The highest BCUT2D eigenvalue weighted by atomic mass is 32.2. The summed E-state index contributed by atoms with van der Waals surface area (Å²) in [6, 6.07) is 22.5. The Morgan fingerprint density at radius 3 is 2.17 bits per heavy atom. The van der Waals surface area contributed by atoms with Crippen molar-refractivity contribution in [3.63, 3.8) is 0 Å². The number of hydrogen-bond donors (Lipinski definition) is 1. The number of hydrogen-bond acceptors (Lipinski definition) is 4. The molecule has 0 aromatic heterocycles. The molecule has 3 aromatic rings. The van der Waals surface area contributed by atoms with Gasteiger partial charge in [-0.05, 0) is 62.4 Å². The maximum absolute atomic E-state index is 13.8. The Bertz CT molecular complexity index is 1390. The first-order chi connectivity index (χ1) is 19.0. The van der Waals surface area contributed by atoms with Crippen LogP contribution in [0.4, 0.5) is 5.69 Å². The molecule has 0 aliphatic carbocycles. The van der Waals surface area contributed by atoms with E-state index in [1.165, 1.54) is 10.6 Å². The second-order valence-electron chi connectivity index (χ2n) is 10.3. The van der Waals surface area contributed by atoms with Crippen molar-refractivity contribution in [2.45, 2.75) is 59.5 Å². The highest BCUT2D eigenvalue weighted by Crippen LogP contribution is 2.26. The highest BCUT2D eigenvalue weighted by Gasteiger charge is 2.30. The normalized spacial score (nSPS) is 12.0. The van der Waals surface area contributed by atoms with Gasteiger partial charge >= 0.3 is 0 Å². The molecule has 3 rings (SSSR count). The molecule has 1 N–H and O–H groups in total. The van der Waals surface area contributed by atoms with E-state index in [0.717, 1.165) is 27.8 Å². The second-order valence-corrected chi connectivity index (χ2v) is 12.2. The molecular weight excluding hydrogens is 522 g/mol. The molecule has 0 aliphatic heterocycles. The lowest BCUT2D eigenvalue weighted by atomic mass is 10.0. The smallest absolute Gasteiger partial charge is 0.243 e. The molecule has 0 fully saturated rings. The van der Waals surface area contributed by atoms with Gasteiger partial charge in [0.15, 0.2) is 0 Å². The number of rotatable bonds is 13. The number of amides is 2. The lowest BCUT2D eigenvalue weighted by Gasteiger charge is -2.32. The standard InChI is InChI=1S/C32H41N3O4S/c1-6-33-32(37)30(22-27-13-8-7-9-14-27)34(23-28-19-17-24(2)18-20-28)31(36)16-11-21-35(40(5,38)39)29-15-10-12-25(3)26(29)4/h7-10,12-15,17-20,30H,6,11,16,21-23H2,1-5H3,(H,33,37)/t30-/m1/s1. The van der Waals surface area contributed by atoms with E-state index in [2.05, 4.69) is 5.32 Å². The predicted molar refractivity (Wildman–Crippen MR) is 162 cm³/mol. The Labute approximate surface area is 239 Å². The summed E-state index contributed by atoms with van der Waals surface area (Å²) in [5.74, 6) is -0.401. The quantitative estimate of drug-likeness (QED) is 0.319. The maximum Gasteiger partial charge on any atom is 0.243 e. The van der Waals surface area contributed by atoms with Crippen LogP contribution in [0.25, 0.3) is 0 Å². The van der Waals surface area contributed by atoms with Crippen LogP contribution in [0, 0.1) is 20.8 Å². The number of carbonyl (C=O) groups excluding carboxylic acids is 2. The van der Waals surface area contributed by atoms with Gasteiger partial charge in [-0.3, -0.25) is 13.9 Å². The van der Waals surface area contributed by atoms with E-state index in [9.17, 15) is 18.0 Å². The first-order valence-electron chi connectivity index (χ1n) is 13.7. The topological polar surface area (TPSA) is 86.8 Å². The van der Waals surface area contributed by atoms with Gasteiger partial charge in [-0.1, -0.05) is 72.3 Å². The van der Waals surface area contributed by atoms with Crippen LogP contribution in [0.1, 0.15) is 47.6 Å². The van der Waals surface area contributed by atoms with Crippen molar-refractivity contribution in [1.29, 1.82) is 0 Å². The third kappa shape index (κ3) is 8.42. The van der Waals surface area contributed by atoms with Crippen LogP contribution in [0.2, 0.25) is 0 Å². The number of nitrogens with one attached hydrogen (secondary N) is 1. The van der Waals surface area contributed by atoms with Crippen LogP contribution in [-0.2, 0) is 32.6 Å². The van der Waals surface area contributed by atoms with Crippen molar-refractivity contribution >= 4 is 27.5 Å². The van der Waals surface area contributed by atoms with Crippen LogP contribution in [-0.4, -0.2) is 50.5 Å². The number of nitrogens with zero attached hydrogens (tertiary/aromatic N) is 2. The molecule has 0 unspecified atom stereocenters. The monoisotopic (exact) mass is 563 g/mol. The summed E-state index contributed by atoms with van der Waals surface area (Å²) in [7, 11) is -3.56. The van der Waals surface area contributed by atoms with E-state index in [0.29, 0.717) is 25.1 Å². The maximum atomic E-state index is 13.8. The van der Waals surface area contributed by atoms with Crippen molar-refractivity contribution in [2.24, 2.45) is 0 Å². The molecule has 7 nitrogen and oxygen atoms in total. The Morgan fingerprint density at radius 2 is 1.55 bits per heavy atom. The lowest BCUT2D eigenvalue weighted by molar-refractivity contribution is -0.141. The summed E-state index contributed by atoms with van der Waals surface area (Å²) in [5, 5.41) is 2.90. The zero-order chi connectivity index (χ0) is 29.3. The molecule has 40 heavy (non-hydrogen) atoms. The predicted octanol–water partition coefficient (Wildman–Crippen LogP) is 4.93. The zero-order valence-electron chi connectivity index (χ0n) is 24.2. The molecular formula is C32H41N3O4S. The van der Waals surface area contributed by atoms with Crippen LogP contribution in [0.3, 0.4) is 0 Å². The molecule has 214 valence electrons. The molecule has 2 amide bonds. The molecule has 1 atom stereocenters. The van der Waals surface area contributed by atoms with Gasteiger partial charge in [0.1, 0.15) is 6.04 Å². The SMILES string of the molecule is CCNC(=O)[C@@H](Cc1ccccc1)N(Cc1ccc(C)cc1)C(=O)CCCN(c1cccc(C)c1C)S(C)(=O)=O. The minimum atomic E-state index is -3.56. The van der Waals surface area contributed by atoms with Crippen LogP contribution in [0.15, 0.2) is 72.8 Å². The third-order valence-corrected chi connectivity index (χ3v) is 8.27. The van der Waals surface area contributed by atoms with E-state index >= 15 is 0 Å². The molecule has 0 spiro atoms. The first-order valence-corrected chi connectivity index (χ1v) is 15.6. The second kappa shape index (κ2) is 14.1. The molecule has 0 heterocycles. The summed E-state index contributed by atoms with van der Waals surface area (Å²) in [5.41, 5.74) is 5.50. The van der Waals surface area contributed by atoms with Gasteiger partial charge < -0.3 is 10.2 Å². The number of anilines is 1. The van der Waals surface area contributed by atoms with Gasteiger partial charge in [-0.25, -0.2) is 8.42 Å². The summed E-state index contributed by atoms with van der Waals surface area (Å²) < 4.78 is 26.8. The summed E-state index contributed by atoms with van der Waals surface area (Å²) >= 11 is 0. The Hall–Kier alpha value is -3.65. The Kier molecular flexibility index (Phi) is 10.9. The molecule has 0 bridgehead atoms. The lowest BCUT2D eigenvalue weighted by Crippen LogP contribution is -2.50. The Balaban J connectivity index is 1.87. The number of likely N-dealkylation sites (N-methyl/N-ethyl adjacent to an activating group) is 1. The van der Waals surface area contributed by atoms with Gasteiger partial charge in [-0.2, -0.15) is 0 Å². The van der Waals surface area contributed by atoms with Crippen LogP contribution in [0.5, 0.6) is 0 Å². The van der Waals surface area contributed by atoms with Gasteiger partial charge in [-0.15, -0.1) is 0 Å². The highest BCUT2D eigenvalue weighted by molar-refractivity contribution is 7.92. The van der Waals surface area contributed by atoms with Crippen LogP contribution < -0.4 is 9.62 Å². The summed E-state index contributed by atoms with van der Waals surface area (Å²) in [6.07, 6.45) is 1.98. The number of benzene rings is 3. The van der Waals surface area contributed by atoms with Crippen molar-refractivity contribution < 1.29 is 18.0 Å². The van der Waals surface area contributed by atoms with Gasteiger partial charge in [0, 0.05) is 32.5 Å². The van der Waals surface area contributed by atoms with E-state index in [1.807, 2.05) is 94.4 Å². The van der Waals surface area contributed by atoms with Crippen molar-refractivity contribution in [3.05, 3.63) is 101 Å². The van der Waals surface area contributed by atoms with Crippen LogP contribution >= 0.6 is 0 Å². The minimum Gasteiger partial charge on any atom is -0.355 e. The van der Waals surface area contributed by atoms with Crippen molar-refractivity contribution in [3.8, 4) is 0 Å². The van der Waals surface area contributed by atoms with Gasteiger partial charge in [0.2, 0.25) is 21.8 Å². The molecule has 0 saturated carbocycles. The molecule has 0 saturated heterocycles. The van der Waals surface area contributed by atoms with E-state index < -0.39 is 16.1 Å². The number of aryl methyl sites for hydroxylation is 2. The van der Waals surface area contributed by atoms with E-state index in [-0.39, 0.29) is 31.3 Å². The van der Waals surface area contributed by atoms with Crippen molar-refractivity contribution in [1.82, 2.24) is 10.2 Å². The largest absolute Gasteiger partial charge is 0.355 e. The molecule has 0 radical (unpaired) electrons. The fourth-order valence-corrected chi connectivity index (χ4v) is 5.74. The van der Waals surface area contributed by atoms with E-state index in [1.54, 1.807) is 11.0 Å². The molecule has 8 heteroatoms. The number of carbonyl (C=O) groups is 2. The van der Waals surface area contributed by atoms with Gasteiger partial charge in [0.25, 0.3) is 0 Å².